The Kier molecular flexibility index (Phi) is 4.33. The second kappa shape index (κ2) is 5.31. The van der Waals surface area contributed by atoms with Crippen LogP contribution in [0.3, 0.4) is 0 Å². The van der Waals surface area contributed by atoms with Crippen molar-refractivity contribution >= 4 is 5.97 Å². The average Bonchev–Trinajstić information content (AvgIpc) is 2.34. The van der Waals surface area contributed by atoms with Crippen molar-refractivity contribution in [2.24, 2.45) is 5.73 Å². The normalized spacial score (nSPS) is 14.0. The van der Waals surface area contributed by atoms with Crippen molar-refractivity contribution in [1.29, 1.82) is 0 Å². The largest absolute Gasteiger partial charge is 0.468 e. The Labute approximate surface area is 109 Å². The molecule has 0 amide bonds. The highest BCUT2D eigenvalue weighted by Crippen LogP contribution is 2.37. The summed E-state index contributed by atoms with van der Waals surface area (Å²) in [6, 6.07) is -1.01. The molecule has 2 N–H and O–H groups in total. The van der Waals surface area contributed by atoms with Crippen LogP contribution in [0.25, 0.3) is 0 Å². The number of halogens is 6. The van der Waals surface area contributed by atoms with Gasteiger partial charge in [-0.05, 0) is 23.8 Å². The first-order valence-corrected chi connectivity index (χ1v) is 5.09. The Morgan fingerprint density at radius 2 is 1.45 bits per heavy atom. The van der Waals surface area contributed by atoms with E-state index in [0.29, 0.717) is 12.1 Å². The lowest BCUT2D eigenvalue weighted by molar-refractivity contribution is -0.145. The van der Waals surface area contributed by atoms with Crippen LogP contribution in [0.15, 0.2) is 18.2 Å². The minimum atomic E-state index is -4.99. The third-order valence-electron chi connectivity index (χ3n) is 2.42. The molecule has 0 aliphatic carbocycles. The number of rotatable bonds is 2. The summed E-state index contributed by atoms with van der Waals surface area (Å²) in [6.45, 7) is 0. The molecular weight excluding hydrogens is 292 g/mol. The Balaban J connectivity index is 3.42. The molecule has 0 saturated carbocycles. The fraction of sp³-hybridized carbons (Fsp3) is 0.364. The van der Waals surface area contributed by atoms with Gasteiger partial charge in [-0.2, -0.15) is 26.3 Å². The molecule has 0 bridgehead atoms. The zero-order valence-electron chi connectivity index (χ0n) is 9.97. The van der Waals surface area contributed by atoms with Gasteiger partial charge in [0, 0.05) is 0 Å². The van der Waals surface area contributed by atoms with Gasteiger partial charge in [-0.1, -0.05) is 0 Å². The third kappa shape index (κ3) is 3.62. The number of carbonyl (C=O) groups is 1. The molecule has 0 spiro atoms. The van der Waals surface area contributed by atoms with Gasteiger partial charge in [-0.3, -0.25) is 4.79 Å². The van der Waals surface area contributed by atoms with E-state index in [0.717, 1.165) is 7.11 Å². The maximum Gasteiger partial charge on any atom is 0.416 e. The van der Waals surface area contributed by atoms with Crippen molar-refractivity contribution in [3.63, 3.8) is 0 Å². The lowest BCUT2D eigenvalue weighted by Crippen LogP contribution is -2.24. The standard InChI is InChI=1S/C11H9F6NO2/c1-20-9(19)8(18)5-2-6(10(12,13)14)4-7(3-5)11(15,16)17/h2-4,8H,18H2,1H3. The topological polar surface area (TPSA) is 52.3 Å². The van der Waals surface area contributed by atoms with Crippen molar-refractivity contribution in [2.45, 2.75) is 18.4 Å². The van der Waals surface area contributed by atoms with Crippen LogP contribution in [0.1, 0.15) is 22.7 Å². The van der Waals surface area contributed by atoms with E-state index in [9.17, 15) is 31.1 Å². The molecule has 1 aromatic carbocycles. The number of benzene rings is 1. The van der Waals surface area contributed by atoms with Crippen LogP contribution in [0.5, 0.6) is 0 Å². The van der Waals surface area contributed by atoms with Gasteiger partial charge in [0.1, 0.15) is 6.04 Å². The average molecular weight is 301 g/mol. The van der Waals surface area contributed by atoms with Crippen molar-refractivity contribution in [3.05, 3.63) is 34.9 Å². The molecular formula is C11H9F6NO2. The number of ether oxygens (including phenoxy) is 1. The van der Waals surface area contributed by atoms with Crippen molar-refractivity contribution < 1.29 is 35.9 Å². The van der Waals surface area contributed by atoms with Crippen LogP contribution >= 0.6 is 0 Å². The summed E-state index contributed by atoms with van der Waals surface area (Å²) in [5.41, 5.74) is 1.56. The summed E-state index contributed by atoms with van der Waals surface area (Å²) < 4.78 is 79.5. The van der Waals surface area contributed by atoms with Gasteiger partial charge >= 0.3 is 18.3 Å². The Hall–Kier alpha value is -1.77. The van der Waals surface area contributed by atoms with E-state index in [1.165, 1.54) is 0 Å². The smallest absolute Gasteiger partial charge is 0.416 e. The van der Waals surface area contributed by atoms with Crippen molar-refractivity contribution in [1.82, 2.24) is 0 Å². The zero-order chi connectivity index (χ0) is 15.7. The van der Waals surface area contributed by atoms with Gasteiger partial charge in [0.2, 0.25) is 0 Å². The van der Waals surface area contributed by atoms with Gasteiger partial charge in [-0.15, -0.1) is 0 Å². The second-order valence-electron chi connectivity index (χ2n) is 3.84. The molecule has 112 valence electrons. The summed E-state index contributed by atoms with van der Waals surface area (Å²) in [5, 5.41) is 0. The highest BCUT2D eigenvalue weighted by atomic mass is 19.4. The molecule has 1 aromatic rings. The fourth-order valence-electron chi connectivity index (χ4n) is 1.42. The predicted octanol–water partition coefficient (Wildman–Crippen LogP) is 2.90. The molecule has 0 fully saturated rings. The molecule has 1 atom stereocenters. The number of methoxy groups -OCH3 is 1. The van der Waals surface area contributed by atoms with Crippen LogP contribution in [0.2, 0.25) is 0 Å². The number of hydrogen-bond donors (Lipinski definition) is 1. The summed E-state index contributed by atoms with van der Waals surface area (Å²) in [6.07, 6.45) is -9.99. The first-order valence-electron chi connectivity index (χ1n) is 5.09. The molecule has 1 unspecified atom stereocenters. The lowest BCUT2D eigenvalue weighted by Gasteiger charge is -2.16. The number of esters is 1. The van der Waals surface area contributed by atoms with E-state index in [1.807, 2.05) is 0 Å². The van der Waals surface area contributed by atoms with Gasteiger partial charge in [0.25, 0.3) is 0 Å². The Morgan fingerprint density at radius 3 is 1.75 bits per heavy atom. The molecule has 0 radical (unpaired) electrons. The minimum Gasteiger partial charge on any atom is -0.468 e. The molecule has 0 heterocycles. The van der Waals surface area contributed by atoms with E-state index in [2.05, 4.69) is 4.74 Å². The quantitative estimate of drug-likeness (QED) is 0.675. The third-order valence-corrected chi connectivity index (χ3v) is 2.42. The van der Waals surface area contributed by atoms with Crippen molar-refractivity contribution in [3.8, 4) is 0 Å². The SMILES string of the molecule is COC(=O)C(N)c1cc(C(F)(F)F)cc(C(F)(F)F)c1. The summed E-state index contributed by atoms with van der Waals surface area (Å²) in [4.78, 5) is 11.1. The number of carbonyl (C=O) groups excluding carboxylic acids is 1. The van der Waals surface area contributed by atoms with E-state index < -0.39 is 41.1 Å². The molecule has 0 aromatic heterocycles. The monoisotopic (exact) mass is 301 g/mol. The van der Waals surface area contributed by atoms with Crippen LogP contribution in [0.4, 0.5) is 26.3 Å². The first kappa shape index (κ1) is 16.3. The second-order valence-corrected chi connectivity index (χ2v) is 3.84. The highest BCUT2D eigenvalue weighted by Gasteiger charge is 2.37. The summed E-state index contributed by atoms with van der Waals surface area (Å²) >= 11 is 0. The van der Waals surface area contributed by atoms with Crippen LogP contribution in [-0.4, -0.2) is 13.1 Å². The number of nitrogens with two attached hydrogens (primary N) is 1. The Bertz CT molecular complexity index is 476. The molecule has 9 heteroatoms. The van der Waals surface area contributed by atoms with E-state index >= 15 is 0 Å². The minimum absolute atomic E-state index is 0.0481. The van der Waals surface area contributed by atoms with E-state index in [1.54, 1.807) is 0 Å². The molecule has 0 aliphatic rings. The molecule has 1 rings (SSSR count). The van der Waals surface area contributed by atoms with Gasteiger partial charge in [0.15, 0.2) is 0 Å². The van der Waals surface area contributed by atoms with Gasteiger partial charge in [0.05, 0.1) is 18.2 Å². The van der Waals surface area contributed by atoms with E-state index in [4.69, 9.17) is 5.73 Å². The number of hydrogen-bond acceptors (Lipinski definition) is 3. The molecule has 0 aliphatic heterocycles. The molecule has 20 heavy (non-hydrogen) atoms. The van der Waals surface area contributed by atoms with E-state index in [-0.39, 0.29) is 6.07 Å². The van der Waals surface area contributed by atoms with Gasteiger partial charge in [-0.25, -0.2) is 0 Å². The maximum atomic E-state index is 12.6. The molecule has 0 saturated heterocycles. The summed E-state index contributed by atoms with van der Waals surface area (Å²) in [7, 11) is 0.917. The maximum absolute atomic E-state index is 12.6. The number of alkyl halides is 6. The highest BCUT2D eigenvalue weighted by molar-refractivity contribution is 5.77. The molecule has 3 nitrogen and oxygen atoms in total. The van der Waals surface area contributed by atoms with Gasteiger partial charge < -0.3 is 10.5 Å². The predicted molar refractivity (Wildman–Crippen MR) is 55.4 cm³/mol. The zero-order valence-corrected chi connectivity index (χ0v) is 9.97. The Morgan fingerprint density at radius 1 is 1.05 bits per heavy atom. The van der Waals surface area contributed by atoms with Crippen LogP contribution < -0.4 is 5.73 Å². The lowest BCUT2D eigenvalue weighted by atomic mass is 10.00. The van der Waals surface area contributed by atoms with Crippen molar-refractivity contribution in [2.75, 3.05) is 7.11 Å². The van der Waals surface area contributed by atoms with Crippen LogP contribution in [0, 0.1) is 0 Å². The van der Waals surface area contributed by atoms with Crippen LogP contribution in [-0.2, 0) is 21.9 Å². The first-order chi connectivity index (χ1) is 8.96. The summed E-state index contributed by atoms with van der Waals surface area (Å²) in [5.74, 6) is -1.14. The fourth-order valence-corrected chi connectivity index (χ4v) is 1.42.